The Kier molecular flexibility index (Phi) is 5.26. The van der Waals surface area contributed by atoms with Gasteiger partial charge in [0.05, 0.1) is 21.2 Å². The first-order valence-corrected chi connectivity index (χ1v) is 8.85. The molecule has 8 nitrogen and oxygen atoms in total. The normalized spacial score (nSPS) is 11.1. The Bertz CT molecular complexity index is 1010. The van der Waals surface area contributed by atoms with E-state index in [4.69, 9.17) is 0 Å². The van der Waals surface area contributed by atoms with Crippen LogP contribution in [-0.2, 0) is 14.8 Å². The van der Waals surface area contributed by atoms with Crippen LogP contribution in [0.4, 0.5) is 21.5 Å². The van der Waals surface area contributed by atoms with E-state index in [-0.39, 0.29) is 22.0 Å². The molecule has 2 aromatic rings. The molecule has 0 atom stereocenters. The minimum Gasteiger partial charge on any atom is -0.324 e. The third-order valence-corrected chi connectivity index (χ3v) is 5.14. The molecule has 0 saturated heterocycles. The summed E-state index contributed by atoms with van der Waals surface area (Å²) >= 11 is 0. The fourth-order valence-electron chi connectivity index (χ4n) is 2.28. The summed E-state index contributed by atoms with van der Waals surface area (Å²) in [7, 11) is -4.17. The van der Waals surface area contributed by atoms with Gasteiger partial charge in [-0.1, -0.05) is 0 Å². The maximum absolute atomic E-state index is 13.7. The standard InChI is InChI=1S/C16H16FN3O5S/c1-9-6-13(20(22)23)8-16(10(9)2)26(24,25)19-12-4-5-14(17)15(7-12)18-11(3)21/h4-8,19H,1-3H3,(H,18,21). The van der Waals surface area contributed by atoms with Crippen molar-refractivity contribution < 1.29 is 22.5 Å². The minimum atomic E-state index is -4.17. The van der Waals surface area contributed by atoms with Crippen LogP contribution in [0.3, 0.4) is 0 Å². The Morgan fingerprint density at radius 2 is 1.85 bits per heavy atom. The second kappa shape index (κ2) is 7.08. The zero-order valence-corrected chi connectivity index (χ0v) is 15.0. The largest absolute Gasteiger partial charge is 0.324 e. The van der Waals surface area contributed by atoms with Crippen LogP contribution in [0.1, 0.15) is 18.1 Å². The van der Waals surface area contributed by atoms with E-state index in [0.717, 1.165) is 18.2 Å². The molecule has 0 heterocycles. The summed E-state index contributed by atoms with van der Waals surface area (Å²) in [5.74, 6) is -1.25. The lowest BCUT2D eigenvalue weighted by atomic mass is 10.1. The SMILES string of the molecule is CC(=O)Nc1cc(NS(=O)(=O)c2cc([N+](=O)[O-])cc(C)c2C)ccc1F. The number of nitrogens with one attached hydrogen (secondary N) is 2. The fourth-order valence-corrected chi connectivity index (χ4v) is 3.66. The van der Waals surface area contributed by atoms with Gasteiger partial charge in [-0.2, -0.15) is 0 Å². The molecule has 0 unspecified atom stereocenters. The molecule has 0 aliphatic heterocycles. The molecule has 2 aromatic carbocycles. The highest BCUT2D eigenvalue weighted by Gasteiger charge is 2.23. The van der Waals surface area contributed by atoms with Gasteiger partial charge in [0.25, 0.3) is 15.7 Å². The summed E-state index contributed by atoms with van der Waals surface area (Å²) in [6, 6.07) is 5.53. The number of nitro benzene ring substituents is 1. The number of nitrogens with zero attached hydrogens (tertiary/aromatic N) is 1. The van der Waals surface area contributed by atoms with Crippen molar-refractivity contribution in [3.8, 4) is 0 Å². The number of halogens is 1. The number of hydrogen-bond acceptors (Lipinski definition) is 5. The number of rotatable bonds is 5. The van der Waals surface area contributed by atoms with Gasteiger partial charge in [-0.3, -0.25) is 19.6 Å². The highest BCUT2D eigenvalue weighted by Crippen LogP contribution is 2.28. The molecule has 26 heavy (non-hydrogen) atoms. The highest BCUT2D eigenvalue weighted by molar-refractivity contribution is 7.92. The van der Waals surface area contributed by atoms with Gasteiger partial charge in [-0.15, -0.1) is 0 Å². The highest BCUT2D eigenvalue weighted by atomic mass is 32.2. The second-order valence-corrected chi connectivity index (χ2v) is 7.28. The maximum Gasteiger partial charge on any atom is 0.271 e. The molecule has 10 heteroatoms. The van der Waals surface area contributed by atoms with Crippen LogP contribution in [0.5, 0.6) is 0 Å². The third kappa shape index (κ3) is 4.14. The van der Waals surface area contributed by atoms with E-state index in [0.29, 0.717) is 11.1 Å². The van der Waals surface area contributed by atoms with Crippen LogP contribution < -0.4 is 10.0 Å². The summed E-state index contributed by atoms with van der Waals surface area (Å²) in [5, 5.41) is 13.2. The van der Waals surface area contributed by atoms with Crippen molar-refractivity contribution in [2.24, 2.45) is 0 Å². The van der Waals surface area contributed by atoms with Gasteiger partial charge in [0.15, 0.2) is 0 Å². The second-order valence-electron chi connectivity index (χ2n) is 5.62. The van der Waals surface area contributed by atoms with Crippen LogP contribution in [0.2, 0.25) is 0 Å². The minimum absolute atomic E-state index is 0.00120. The fraction of sp³-hybridized carbons (Fsp3) is 0.188. The maximum atomic E-state index is 13.7. The van der Waals surface area contributed by atoms with Crippen LogP contribution in [-0.4, -0.2) is 19.2 Å². The molecule has 138 valence electrons. The Balaban J connectivity index is 2.47. The lowest BCUT2D eigenvalue weighted by Crippen LogP contribution is -2.16. The molecule has 2 N–H and O–H groups in total. The predicted octanol–water partition coefficient (Wildman–Crippen LogP) is 3.11. The average Bonchev–Trinajstić information content (AvgIpc) is 2.52. The molecular formula is C16H16FN3O5S. The van der Waals surface area contributed by atoms with Crippen molar-refractivity contribution in [3.05, 3.63) is 57.4 Å². The molecule has 0 spiro atoms. The number of nitro groups is 1. The predicted molar refractivity (Wildman–Crippen MR) is 94.1 cm³/mol. The van der Waals surface area contributed by atoms with E-state index in [1.54, 1.807) is 6.92 Å². The van der Waals surface area contributed by atoms with E-state index >= 15 is 0 Å². The lowest BCUT2D eigenvalue weighted by Gasteiger charge is -2.13. The molecule has 2 rings (SSSR count). The van der Waals surface area contributed by atoms with Gasteiger partial charge in [0, 0.05) is 19.1 Å². The van der Waals surface area contributed by atoms with Crippen molar-refractivity contribution in [1.82, 2.24) is 0 Å². The zero-order valence-electron chi connectivity index (χ0n) is 14.2. The molecule has 0 radical (unpaired) electrons. The molecule has 0 aromatic heterocycles. The summed E-state index contributed by atoms with van der Waals surface area (Å²) < 4.78 is 41.2. The molecule has 0 bridgehead atoms. The molecule has 1 amide bonds. The van der Waals surface area contributed by atoms with Crippen molar-refractivity contribution in [2.75, 3.05) is 10.0 Å². The quantitative estimate of drug-likeness (QED) is 0.609. The molecular weight excluding hydrogens is 365 g/mol. The first-order valence-electron chi connectivity index (χ1n) is 7.37. The topological polar surface area (TPSA) is 118 Å². The summed E-state index contributed by atoms with van der Waals surface area (Å²) in [5.41, 5.74) is 0.250. The Morgan fingerprint density at radius 1 is 1.19 bits per heavy atom. The Morgan fingerprint density at radius 3 is 2.42 bits per heavy atom. The number of non-ortho nitro benzene ring substituents is 1. The van der Waals surface area contributed by atoms with Crippen LogP contribution in [0.25, 0.3) is 0 Å². The number of aryl methyl sites for hydroxylation is 1. The van der Waals surface area contributed by atoms with Crippen LogP contribution in [0.15, 0.2) is 35.2 Å². The molecule has 0 aliphatic carbocycles. The van der Waals surface area contributed by atoms with E-state index in [1.165, 1.54) is 26.0 Å². The number of carbonyl (C=O) groups is 1. The number of sulfonamides is 1. The number of carbonyl (C=O) groups excluding carboxylic acids is 1. The monoisotopic (exact) mass is 381 g/mol. The number of hydrogen-bond donors (Lipinski definition) is 2. The van der Waals surface area contributed by atoms with Gasteiger partial charge in [0.1, 0.15) is 5.82 Å². The third-order valence-electron chi connectivity index (χ3n) is 3.63. The Labute approximate surface area is 149 Å². The van der Waals surface area contributed by atoms with E-state index in [2.05, 4.69) is 10.0 Å². The first-order chi connectivity index (χ1) is 12.0. The van der Waals surface area contributed by atoms with Gasteiger partial charge >= 0.3 is 0 Å². The van der Waals surface area contributed by atoms with Crippen molar-refractivity contribution in [1.29, 1.82) is 0 Å². The molecule has 0 aliphatic rings. The number of benzene rings is 2. The Hall–Kier alpha value is -3.01. The van der Waals surface area contributed by atoms with Gasteiger partial charge < -0.3 is 5.32 Å². The van der Waals surface area contributed by atoms with Crippen molar-refractivity contribution >= 4 is 33.0 Å². The van der Waals surface area contributed by atoms with E-state index in [1.807, 2.05) is 0 Å². The smallest absolute Gasteiger partial charge is 0.271 e. The number of amides is 1. The van der Waals surface area contributed by atoms with E-state index in [9.17, 15) is 27.7 Å². The van der Waals surface area contributed by atoms with Crippen molar-refractivity contribution in [3.63, 3.8) is 0 Å². The summed E-state index contributed by atoms with van der Waals surface area (Å²) in [4.78, 5) is 21.1. The average molecular weight is 381 g/mol. The zero-order chi connectivity index (χ0) is 19.6. The molecule has 0 fully saturated rings. The first kappa shape index (κ1) is 19.3. The number of anilines is 2. The van der Waals surface area contributed by atoms with Gasteiger partial charge in [-0.25, -0.2) is 12.8 Å². The molecule has 0 saturated carbocycles. The van der Waals surface area contributed by atoms with Crippen molar-refractivity contribution in [2.45, 2.75) is 25.7 Å². The van der Waals surface area contributed by atoms with E-state index < -0.39 is 26.7 Å². The van der Waals surface area contributed by atoms with Gasteiger partial charge in [-0.05, 0) is 43.2 Å². The van der Waals surface area contributed by atoms with Crippen LogP contribution >= 0.6 is 0 Å². The summed E-state index contributed by atoms with van der Waals surface area (Å²) in [6.45, 7) is 4.28. The lowest BCUT2D eigenvalue weighted by molar-refractivity contribution is -0.385. The summed E-state index contributed by atoms with van der Waals surface area (Å²) in [6.07, 6.45) is 0. The van der Waals surface area contributed by atoms with Gasteiger partial charge in [0.2, 0.25) is 5.91 Å². The van der Waals surface area contributed by atoms with Crippen LogP contribution in [0, 0.1) is 29.8 Å².